The van der Waals surface area contributed by atoms with Crippen molar-refractivity contribution >= 4 is 46.3 Å². The van der Waals surface area contributed by atoms with Crippen LogP contribution in [0.15, 0.2) is 65.1 Å². The Bertz CT molecular complexity index is 1390. The number of hydrogen-bond acceptors (Lipinski definition) is 7. The average molecular weight is 592 g/mol. The lowest BCUT2D eigenvalue weighted by atomic mass is 9.88. The molecule has 0 radical (unpaired) electrons. The van der Waals surface area contributed by atoms with Gasteiger partial charge >= 0.3 is 5.91 Å². The number of likely N-dealkylation sites (tertiary alicyclic amines) is 1. The number of methoxy groups -OCH3 is 1. The maximum atomic E-state index is 13.6. The fourth-order valence-electron chi connectivity index (χ4n) is 4.99. The van der Waals surface area contributed by atoms with E-state index in [1.807, 2.05) is 31.7 Å². The lowest BCUT2D eigenvalue weighted by Gasteiger charge is -2.34. The van der Waals surface area contributed by atoms with Crippen LogP contribution in [-0.4, -0.2) is 57.2 Å². The van der Waals surface area contributed by atoms with Crippen molar-refractivity contribution in [2.75, 3.05) is 25.5 Å². The Morgan fingerprint density at radius 2 is 1.90 bits per heavy atom. The molecule has 1 atom stereocenters. The van der Waals surface area contributed by atoms with Gasteiger partial charge in [0.25, 0.3) is 5.78 Å². The zero-order chi connectivity index (χ0) is 30.6. The molecule has 4 heterocycles. The third kappa shape index (κ3) is 8.03. The van der Waals surface area contributed by atoms with E-state index in [0.717, 1.165) is 19.3 Å². The number of ether oxygens (including phenoxy) is 1. The maximum Gasteiger partial charge on any atom is 0.301 e. The number of aromatic nitrogens is 3. The Morgan fingerprint density at radius 3 is 2.52 bits per heavy atom. The Hall–Kier alpha value is -4.05. The van der Waals surface area contributed by atoms with Gasteiger partial charge in [-0.3, -0.25) is 24.3 Å². The molecule has 1 fully saturated rings. The van der Waals surface area contributed by atoms with Crippen LogP contribution in [0.25, 0.3) is 12.3 Å². The first-order chi connectivity index (χ1) is 20.3. The largest absolute Gasteiger partial charge is 0.500 e. The van der Waals surface area contributed by atoms with Gasteiger partial charge in [0, 0.05) is 36.9 Å². The second-order valence-electron chi connectivity index (χ2n) is 9.79. The standard InChI is InChI=1S/C30H35N5O4S.C2H6/c1-5-7-20(3)16-21(6-2)17-22-8-12-34(13-9-22)29(38)24-10-14-35-23(18-25(24)39-4)19-32-27(35)26(36)28(37)33-30-31-11-15-40-30;1-2/h5-7,10-11,14-16,18-19,22,24H,8-9,12-13,17H2,1-4H3,(H,31,33,37);1-2H3/b7-5-,20-16-,21-6+;. The lowest BCUT2D eigenvalue weighted by Crippen LogP contribution is -2.42. The Balaban J connectivity index is 0.00000237. The van der Waals surface area contributed by atoms with E-state index in [0.29, 0.717) is 35.6 Å². The summed E-state index contributed by atoms with van der Waals surface area (Å²) in [5.41, 5.74) is 3.08. The summed E-state index contributed by atoms with van der Waals surface area (Å²) in [6.07, 6.45) is 19.4. The summed E-state index contributed by atoms with van der Waals surface area (Å²) in [5.74, 6) is -1.42. The third-order valence-electron chi connectivity index (χ3n) is 7.08. The molecule has 2 aliphatic rings. The van der Waals surface area contributed by atoms with E-state index in [4.69, 9.17) is 4.74 Å². The van der Waals surface area contributed by atoms with Crippen LogP contribution < -0.4 is 5.32 Å². The van der Waals surface area contributed by atoms with Gasteiger partial charge in [-0.2, -0.15) is 0 Å². The molecule has 0 bridgehead atoms. The fourth-order valence-corrected chi connectivity index (χ4v) is 5.51. The van der Waals surface area contributed by atoms with E-state index in [9.17, 15) is 14.4 Å². The van der Waals surface area contributed by atoms with Gasteiger partial charge in [0.1, 0.15) is 11.7 Å². The monoisotopic (exact) mass is 591 g/mol. The molecule has 2 aromatic rings. The molecule has 224 valence electrons. The van der Waals surface area contributed by atoms with Gasteiger partial charge in [0.15, 0.2) is 11.0 Å². The van der Waals surface area contributed by atoms with Gasteiger partial charge in [-0.1, -0.05) is 49.3 Å². The van der Waals surface area contributed by atoms with Crippen molar-refractivity contribution in [1.29, 1.82) is 0 Å². The molecular formula is C32H41N5O4S. The maximum absolute atomic E-state index is 13.6. The van der Waals surface area contributed by atoms with Crippen molar-refractivity contribution in [2.24, 2.45) is 11.8 Å². The van der Waals surface area contributed by atoms with E-state index >= 15 is 0 Å². The van der Waals surface area contributed by atoms with Crippen molar-refractivity contribution in [3.05, 3.63) is 76.6 Å². The number of nitrogens with zero attached hydrogens (tertiary/aromatic N) is 4. The van der Waals surface area contributed by atoms with Crippen LogP contribution in [0.4, 0.5) is 5.13 Å². The second-order valence-corrected chi connectivity index (χ2v) is 10.7. The molecule has 0 aromatic carbocycles. The Kier molecular flexibility index (Phi) is 12.2. The Morgan fingerprint density at radius 1 is 1.17 bits per heavy atom. The minimum atomic E-state index is -0.832. The van der Waals surface area contributed by atoms with Crippen LogP contribution >= 0.6 is 11.3 Å². The molecule has 0 spiro atoms. The number of hydrogen-bond donors (Lipinski definition) is 1. The molecule has 2 aliphatic heterocycles. The molecule has 42 heavy (non-hydrogen) atoms. The molecular weight excluding hydrogens is 550 g/mol. The highest BCUT2D eigenvalue weighted by atomic mass is 32.1. The highest BCUT2D eigenvalue weighted by molar-refractivity contribution is 7.13. The van der Waals surface area contributed by atoms with Crippen molar-refractivity contribution < 1.29 is 19.1 Å². The topological polar surface area (TPSA) is 106 Å². The first kappa shape index (κ1) is 32.5. The minimum absolute atomic E-state index is 0.0500. The van der Waals surface area contributed by atoms with Crippen LogP contribution in [0.5, 0.6) is 0 Å². The number of imidazole rings is 1. The fraction of sp³-hybridized carbons (Fsp3) is 0.406. The number of thiazole rings is 1. The number of Topliss-reactive ketones (excluding diaryl/α,β-unsaturated/α-hetero) is 1. The van der Waals surface area contributed by atoms with Crippen molar-refractivity contribution in [2.45, 2.75) is 53.9 Å². The van der Waals surface area contributed by atoms with Crippen molar-refractivity contribution in [3.63, 3.8) is 0 Å². The predicted octanol–water partition coefficient (Wildman–Crippen LogP) is 6.37. The molecule has 1 unspecified atom stereocenters. The molecule has 0 aliphatic carbocycles. The number of allylic oxidation sites excluding steroid dienone is 6. The van der Waals surface area contributed by atoms with Crippen molar-refractivity contribution in [1.82, 2.24) is 19.4 Å². The number of carbonyl (C=O) groups excluding carboxylic acids is 3. The number of piperidine rings is 1. The molecule has 2 amide bonds. The highest BCUT2D eigenvalue weighted by Crippen LogP contribution is 2.30. The number of amides is 2. The first-order valence-electron chi connectivity index (χ1n) is 14.4. The minimum Gasteiger partial charge on any atom is -0.500 e. The molecule has 0 saturated carbocycles. The van der Waals surface area contributed by atoms with E-state index in [1.165, 1.54) is 46.6 Å². The van der Waals surface area contributed by atoms with Gasteiger partial charge in [0.05, 0.1) is 19.0 Å². The third-order valence-corrected chi connectivity index (χ3v) is 7.77. The highest BCUT2D eigenvalue weighted by Gasteiger charge is 2.32. The molecule has 10 heteroatoms. The normalized spacial score (nSPS) is 17.6. The number of anilines is 1. The molecule has 4 rings (SSSR count). The quantitative estimate of drug-likeness (QED) is 0.206. The smallest absolute Gasteiger partial charge is 0.301 e. The van der Waals surface area contributed by atoms with Crippen LogP contribution in [-0.2, 0) is 14.3 Å². The van der Waals surface area contributed by atoms with E-state index < -0.39 is 17.6 Å². The summed E-state index contributed by atoms with van der Waals surface area (Å²) >= 11 is 1.21. The summed E-state index contributed by atoms with van der Waals surface area (Å²) in [4.78, 5) is 49.0. The lowest BCUT2D eigenvalue weighted by molar-refractivity contribution is -0.135. The SMILES string of the molecule is CC.C\C=C/C(C)=C\C(=C/C)CC1CCN(C(=O)C2C=Cn3c(cnc3C(=O)C(=O)Nc3nccs3)C=C2OC)CC1. The summed E-state index contributed by atoms with van der Waals surface area (Å²) in [7, 11) is 1.52. The van der Waals surface area contributed by atoms with Gasteiger partial charge in [0.2, 0.25) is 5.91 Å². The molecule has 1 N–H and O–H groups in total. The van der Waals surface area contributed by atoms with E-state index in [1.54, 1.807) is 23.7 Å². The summed E-state index contributed by atoms with van der Waals surface area (Å²) in [6, 6.07) is 0. The zero-order valence-electron chi connectivity index (χ0n) is 25.3. The number of ketones is 1. The molecule has 2 aromatic heterocycles. The molecule has 9 nitrogen and oxygen atoms in total. The Labute approximate surface area is 252 Å². The second kappa shape index (κ2) is 15.8. The summed E-state index contributed by atoms with van der Waals surface area (Å²) in [6.45, 7) is 11.5. The van der Waals surface area contributed by atoms with E-state index in [2.05, 4.69) is 47.4 Å². The summed E-state index contributed by atoms with van der Waals surface area (Å²) in [5, 5.41) is 4.52. The number of carbonyl (C=O) groups is 3. The van der Waals surface area contributed by atoms with Crippen LogP contribution in [0.2, 0.25) is 0 Å². The predicted molar refractivity (Wildman–Crippen MR) is 169 cm³/mol. The molecule has 1 saturated heterocycles. The van der Waals surface area contributed by atoms with Gasteiger partial charge < -0.3 is 9.64 Å². The number of fused-ring (bicyclic) bond motifs is 1. The average Bonchev–Trinajstić information content (AvgIpc) is 3.63. The first-order valence-corrected chi connectivity index (χ1v) is 15.2. The van der Waals surface area contributed by atoms with Gasteiger partial charge in [-0.25, -0.2) is 9.97 Å². The number of rotatable bonds is 9. The van der Waals surface area contributed by atoms with Crippen LogP contribution in [0, 0.1) is 11.8 Å². The van der Waals surface area contributed by atoms with E-state index in [-0.39, 0.29) is 11.7 Å². The van der Waals surface area contributed by atoms with Crippen LogP contribution in [0.3, 0.4) is 0 Å². The van der Waals surface area contributed by atoms with Crippen LogP contribution in [0.1, 0.15) is 70.2 Å². The zero-order valence-corrected chi connectivity index (χ0v) is 26.1. The van der Waals surface area contributed by atoms with Gasteiger partial charge in [-0.05, 0) is 52.0 Å². The van der Waals surface area contributed by atoms with Gasteiger partial charge in [-0.15, -0.1) is 11.3 Å². The van der Waals surface area contributed by atoms with Crippen molar-refractivity contribution in [3.8, 4) is 0 Å². The number of nitrogens with one attached hydrogen (secondary N) is 1. The summed E-state index contributed by atoms with van der Waals surface area (Å²) < 4.78 is 7.12.